The number of anilines is 1. The molecule has 0 saturated carbocycles. The lowest BCUT2D eigenvalue weighted by Gasteiger charge is -2.09. The topological polar surface area (TPSA) is 72.2 Å². The monoisotopic (exact) mass is 290 g/mol. The first-order valence-corrected chi connectivity index (χ1v) is 8.02. The van der Waals surface area contributed by atoms with Crippen molar-refractivity contribution in [1.29, 1.82) is 0 Å². The number of carbonyl (C=O) groups is 1. The first-order valence-electron chi connectivity index (χ1n) is 6.53. The number of carbonyl (C=O) groups excluding carboxylic acids is 1. The molecule has 3 N–H and O–H groups in total. The third-order valence-electron chi connectivity index (χ3n) is 3.10. The number of rotatable bonds is 5. The van der Waals surface area contributed by atoms with Gasteiger partial charge in [-0.25, -0.2) is 0 Å². The van der Waals surface area contributed by atoms with Crippen LogP contribution in [0.3, 0.4) is 0 Å². The van der Waals surface area contributed by atoms with Crippen LogP contribution in [0.1, 0.15) is 17.3 Å². The molecule has 5 heteroatoms. The lowest BCUT2D eigenvalue weighted by atomic mass is 10.0. The van der Waals surface area contributed by atoms with E-state index in [-0.39, 0.29) is 5.91 Å². The van der Waals surface area contributed by atoms with E-state index in [1.807, 2.05) is 31.2 Å². The zero-order valence-electron chi connectivity index (χ0n) is 11.4. The van der Waals surface area contributed by atoms with Crippen LogP contribution in [0, 0.1) is 0 Å². The van der Waals surface area contributed by atoms with Gasteiger partial charge in [0.15, 0.2) is 0 Å². The summed E-state index contributed by atoms with van der Waals surface area (Å²) in [5.74, 6) is 0.852. The maximum atomic E-state index is 12.1. The van der Waals surface area contributed by atoms with Gasteiger partial charge in [0.25, 0.3) is 5.91 Å². The molecule has 1 amide bonds. The minimum absolute atomic E-state index is 0.221. The van der Waals surface area contributed by atoms with E-state index in [4.69, 9.17) is 5.73 Å². The van der Waals surface area contributed by atoms with Gasteiger partial charge in [-0.3, -0.25) is 9.00 Å². The van der Waals surface area contributed by atoms with Crippen LogP contribution >= 0.6 is 0 Å². The highest BCUT2D eigenvalue weighted by Crippen LogP contribution is 2.21. The molecular formula is C15H18N2O2S. The minimum Gasteiger partial charge on any atom is -0.398 e. The van der Waals surface area contributed by atoms with Crippen LogP contribution in [-0.2, 0) is 10.8 Å². The Morgan fingerprint density at radius 1 is 1.25 bits per heavy atom. The molecular weight excluding hydrogens is 272 g/mol. The van der Waals surface area contributed by atoms with Gasteiger partial charge in [0.1, 0.15) is 0 Å². The summed E-state index contributed by atoms with van der Waals surface area (Å²) in [5.41, 5.74) is 6.84. The molecule has 20 heavy (non-hydrogen) atoms. The Kier molecular flexibility index (Phi) is 4.74. The first kappa shape index (κ1) is 14.5. The van der Waals surface area contributed by atoms with Crippen LogP contribution in [-0.4, -0.2) is 28.2 Å². The highest BCUT2D eigenvalue weighted by Gasteiger charge is 2.10. The summed E-state index contributed by atoms with van der Waals surface area (Å²) in [6, 6.07) is 11.3. The highest BCUT2D eigenvalue weighted by molar-refractivity contribution is 7.84. The van der Waals surface area contributed by atoms with E-state index in [1.54, 1.807) is 12.1 Å². The largest absolute Gasteiger partial charge is 0.398 e. The van der Waals surface area contributed by atoms with E-state index in [2.05, 4.69) is 5.32 Å². The van der Waals surface area contributed by atoms with Crippen molar-refractivity contribution >= 4 is 33.2 Å². The Bertz CT molecular complexity index is 655. The standard InChI is InChI=1S/C15H18N2O2S/c1-2-20(19)8-7-17-15(18)13-9-11-5-3-4-6-12(11)10-14(13)16/h3-6,9-10H,2,7-8,16H2,1H3,(H,17,18). The summed E-state index contributed by atoms with van der Waals surface area (Å²) in [5, 5.41) is 4.74. The number of hydrogen-bond donors (Lipinski definition) is 2. The van der Waals surface area contributed by atoms with Gasteiger partial charge in [-0.05, 0) is 22.9 Å². The lowest BCUT2D eigenvalue weighted by molar-refractivity contribution is 0.0957. The van der Waals surface area contributed by atoms with Crippen LogP contribution in [0.5, 0.6) is 0 Å². The fourth-order valence-electron chi connectivity index (χ4n) is 1.97. The van der Waals surface area contributed by atoms with Gasteiger partial charge in [0.05, 0.1) is 5.56 Å². The molecule has 0 heterocycles. The molecule has 0 aliphatic carbocycles. The number of nitrogen functional groups attached to an aromatic ring is 1. The van der Waals surface area contributed by atoms with E-state index in [0.717, 1.165) is 10.8 Å². The molecule has 2 aromatic carbocycles. The maximum absolute atomic E-state index is 12.1. The molecule has 4 nitrogen and oxygen atoms in total. The molecule has 0 aliphatic heterocycles. The van der Waals surface area contributed by atoms with E-state index in [9.17, 15) is 9.00 Å². The number of nitrogens with one attached hydrogen (secondary N) is 1. The molecule has 0 aromatic heterocycles. The highest BCUT2D eigenvalue weighted by atomic mass is 32.2. The molecule has 0 spiro atoms. The summed E-state index contributed by atoms with van der Waals surface area (Å²) >= 11 is 0. The SMILES string of the molecule is CCS(=O)CCNC(=O)c1cc2ccccc2cc1N. The molecule has 0 radical (unpaired) electrons. The lowest BCUT2D eigenvalue weighted by Crippen LogP contribution is -2.28. The molecule has 0 aliphatic rings. The van der Waals surface area contributed by atoms with Crippen LogP contribution in [0.4, 0.5) is 5.69 Å². The molecule has 1 atom stereocenters. The number of fused-ring (bicyclic) bond motifs is 1. The van der Waals surface area contributed by atoms with E-state index >= 15 is 0 Å². The predicted molar refractivity (Wildman–Crippen MR) is 84.2 cm³/mol. The Labute approximate surface area is 120 Å². The van der Waals surface area contributed by atoms with E-state index < -0.39 is 10.8 Å². The Balaban J connectivity index is 2.13. The number of nitrogens with two attached hydrogens (primary N) is 1. The van der Waals surface area contributed by atoms with Gasteiger partial charge in [-0.15, -0.1) is 0 Å². The van der Waals surface area contributed by atoms with Gasteiger partial charge in [0.2, 0.25) is 0 Å². The molecule has 2 aromatic rings. The van der Waals surface area contributed by atoms with Crippen molar-refractivity contribution in [2.24, 2.45) is 0 Å². The quantitative estimate of drug-likeness (QED) is 0.826. The molecule has 106 valence electrons. The van der Waals surface area contributed by atoms with E-state index in [1.165, 1.54) is 0 Å². The number of benzene rings is 2. The summed E-state index contributed by atoms with van der Waals surface area (Å²) in [7, 11) is -0.873. The molecule has 0 bridgehead atoms. The van der Waals surface area contributed by atoms with Crippen molar-refractivity contribution in [1.82, 2.24) is 5.32 Å². The molecule has 2 rings (SSSR count). The van der Waals surface area contributed by atoms with E-state index in [0.29, 0.717) is 29.3 Å². The summed E-state index contributed by atoms with van der Waals surface area (Å²) in [6.45, 7) is 2.25. The zero-order chi connectivity index (χ0) is 14.5. The van der Waals surface area contributed by atoms with Crippen LogP contribution in [0.25, 0.3) is 10.8 Å². The van der Waals surface area contributed by atoms with Gasteiger partial charge in [0, 0.05) is 34.5 Å². The van der Waals surface area contributed by atoms with Crippen molar-refractivity contribution < 1.29 is 9.00 Å². The molecule has 0 saturated heterocycles. The predicted octanol–water partition coefficient (Wildman–Crippen LogP) is 1.92. The second kappa shape index (κ2) is 6.52. The van der Waals surface area contributed by atoms with Gasteiger partial charge in [-0.2, -0.15) is 0 Å². The van der Waals surface area contributed by atoms with Crippen molar-refractivity contribution in [3.63, 3.8) is 0 Å². The zero-order valence-corrected chi connectivity index (χ0v) is 12.2. The van der Waals surface area contributed by atoms with Crippen molar-refractivity contribution in [3.05, 3.63) is 42.0 Å². The van der Waals surface area contributed by atoms with Crippen molar-refractivity contribution in [2.45, 2.75) is 6.92 Å². The van der Waals surface area contributed by atoms with Crippen molar-refractivity contribution in [3.8, 4) is 0 Å². The van der Waals surface area contributed by atoms with Gasteiger partial charge in [-0.1, -0.05) is 31.2 Å². The smallest absolute Gasteiger partial charge is 0.253 e. The average Bonchev–Trinajstić information content (AvgIpc) is 2.46. The second-order valence-electron chi connectivity index (χ2n) is 4.48. The minimum atomic E-state index is -0.873. The number of amides is 1. The maximum Gasteiger partial charge on any atom is 0.253 e. The fraction of sp³-hybridized carbons (Fsp3) is 0.267. The summed E-state index contributed by atoms with van der Waals surface area (Å²) < 4.78 is 11.3. The van der Waals surface area contributed by atoms with Gasteiger partial charge >= 0.3 is 0 Å². The molecule has 0 fully saturated rings. The number of hydrogen-bond acceptors (Lipinski definition) is 3. The normalized spacial score (nSPS) is 12.2. The van der Waals surface area contributed by atoms with Gasteiger partial charge < -0.3 is 11.1 Å². The third kappa shape index (κ3) is 3.36. The first-order chi connectivity index (χ1) is 9.61. The summed E-state index contributed by atoms with van der Waals surface area (Å²) in [4.78, 5) is 12.1. The Hall–Kier alpha value is -1.88. The fourth-order valence-corrected chi connectivity index (χ4v) is 2.59. The van der Waals surface area contributed by atoms with Crippen LogP contribution in [0.2, 0.25) is 0 Å². The van der Waals surface area contributed by atoms with Crippen molar-refractivity contribution in [2.75, 3.05) is 23.8 Å². The Morgan fingerprint density at radius 2 is 1.90 bits per heavy atom. The molecule has 1 unspecified atom stereocenters. The third-order valence-corrected chi connectivity index (χ3v) is 4.40. The van der Waals surface area contributed by atoms with Crippen LogP contribution in [0.15, 0.2) is 36.4 Å². The average molecular weight is 290 g/mol. The second-order valence-corrected chi connectivity index (χ2v) is 6.34. The van der Waals surface area contributed by atoms with Crippen LogP contribution < -0.4 is 11.1 Å². The Morgan fingerprint density at radius 3 is 2.55 bits per heavy atom. The summed E-state index contributed by atoms with van der Waals surface area (Å²) in [6.07, 6.45) is 0.